The molecular weight excluding hydrogens is 254 g/mol. The van der Waals surface area contributed by atoms with E-state index in [4.69, 9.17) is 15.0 Å². The number of hydrogen-bond acceptors (Lipinski definition) is 5. The summed E-state index contributed by atoms with van der Waals surface area (Å²) in [5.74, 6) is 0.945. The van der Waals surface area contributed by atoms with Crippen LogP contribution >= 0.6 is 0 Å². The van der Waals surface area contributed by atoms with Gasteiger partial charge in [-0.15, -0.1) is 0 Å². The van der Waals surface area contributed by atoms with Crippen LogP contribution in [0.1, 0.15) is 30.8 Å². The highest BCUT2D eigenvalue weighted by Gasteiger charge is 2.28. The molecule has 1 aromatic carbocycles. The van der Waals surface area contributed by atoms with E-state index < -0.39 is 5.54 Å². The van der Waals surface area contributed by atoms with Crippen LogP contribution in [0.2, 0.25) is 0 Å². The normalized spacial score (nSPS) is 14.2. The van der Waals surface area contributed by atoms with Crippen LogP contribution in [0.3, 0.4) is 0 Å². The lowest BCUT2D eigenvalue weighted by molar-refractivity contribution is 0.0962. The molecule has 0 aliphatic carbocycles. The molecule has 1 aromatic heterocycles. The van der Waals surface area contributed by atoms with Gasteiger partial charge in [0.2, 0.25) is 0 Å². The van der Waals surface area contributed by atoms with E-state index in [0.717, 1.165) is 16.7 Å². The summed E-state index contributed by atoms with van der Waals surface area (Å²) in [6.45, 7) is 8.79. The van der Waals surface area contributed by atoms with E-state index in [2.05, 4.69) is 16.2 Å². The molecular formula is C15H21N3O2. The Kier molecular flexibility index (Phi) is 4.20. The SMILES string of the molecule is CCOCC(C)(N)c1noc(-c2cc(C)cc(C)c2)n1. The minimum Gasteiger partial charge on any atom is -0.379 e. The molecule has 20 heavy (non-hydrogen) atoms. The second kappa shape index (κ2) is 5.73. The largest absolute Gasteiger partial charge is 0.379 e. The van der Waals surface area contributed by atoms with Gasteiger partial charge in [-0.05, 0) is 39.8 Å². The van der Waals surface area contributed by atoms with Crippen LogP contribution in [0.25, 0.3) is 11.5 Å². The number of rotatable bonds is 5. The van der Waals surface area contributed by atoms with Crippen LogP contribution in [-0.4, -0.2) is 23.4 Å². The van der Waals surface area contributed by atoms with Gasteiger partial charge in [-0.2, -0.15) is 4.98 Å². The maximum atomic E-state index is 6.17. The van der Waals surface area contributed by atoms with Gasteiger partial charge in [-0.25, -0.2) is 0 Å². The minimum absolute atomic E-state index is 0.356. The van der Waals surface area contributed by atoms with Crippen LogP contribution in [0.5, 0.6) is 0 Å². The summed E-state index contributed by atoms with van der Waals surface area (Å²) < 4.78 is 10.7. The summed E-state index contributed by atoms with van der Waals surface area (Å²) in [6, 6.07) is 6.13. The first-order chi connectivity index (χ1) is 9.42. The Morgan fingerprint density at radius 1 is 1.25 bits per heavy atom. The van der Waals surface area contributed by atoms with Gasteiger partial charge in [-0.3, -0.25) is 0 Å². The lowest BCUT2D eigenvalue weighted by atomic mass is 10.0. The smallest absolute Gasteiger partial charge is 0.258 e. The van der Waals surface area contributed by atoms with E-state index in [9.17, 15) is 0 Å². The highest BCUT2D eigenvalue weighted by Crippen LogP contribution is 2.23. The molecule has 5 nitrogen and oxygen atoms in total. The first-order valence-electron chi connectivity index (χ1n) is 6.72. The van der Waals surface area contributed by atoms with Crippen LogP contribution in [0, 0.1) is 13.8 Å². The van der Waals surface area contributed by atoms with Crippen molar-refractivity contribution in [1.82, 2.24) is 10.1 Å². The number of benzene rings is 1. The summed E-state index contributed by atoms with van der Waals surface area (Å²) in [4.78, 5) is 4.40. The van der Waals surface area contributed by atoms with E-state index in [1.807, 2.05) is 39.8 Å². The molecule has 0 fully saturated rings. The van der Waals surface area contributed by atoms with Gasteiger partial charge in [0.15, 0.2) is 5.82 Å². The second-order valence-corrected chi connectivity index (χ2v) is 5.35. The van der Waals surface area contributed by atoms with Crippen molar-refractivity contribution in [1.29, 1.82) is 0 Å². The summed E-state index contributed by atoms with van der Waals surface area (Å²) in [5, 5.41) is 3.99. The third-order valence-corrected chi connectivity index (χ3v) is 3.01. The molecule has 1 atom stereocenters. The van der Waals surface area contributed by atoms with E-state index in [0.29, 0.717) is 24.9 Å². The summed E-state index contributed by atoms with van der Waals surface area (Å²) in [6.07, 6.45) is 0. The van der Waals surface area contributed by atoms with Gasteiger partial charge >= 0.3 is 0 Å². The second-order valence-electron chi connectivity index (χ2n) is 5.35. The first-order valence-corrected chi connectivity index (χ1v) is 6.72. The van der Waals surface area contributed by atoms with E-state index in [1.54, 1.807) is 0 Å². The average Bonchev–Trinajstić information content (AvgIpc) is 2.85. The van der Waals surface area contributed by atoms with Gasteiger partial charge in [0.1, 0.15) is 5.54 Å². The van der Waals surface area contributed by atoms with E-state index in [1.165, 1.54) is 0 Å². The number of aromatic nitrogens is 2. The van der Waals surface area contributed by atoms with Crippen molar-refractivity contribution in [2.75, 3.05) is 13.2 Å². The Morgan fingerprint density at radius 2 is 1.90 bits per heavy atom. The predicted molar refractivity (Wildman–Crippen MR) is 77.2 cm³/mol. The molecule has 0 aliphatic rings. The lowest BCUT2D eigenvalue weighted by Crippen LogP contribution is -2.39. The van der Waals surface area contributed by atoms with Crippen LogP contribution < -0.4 is 5.73 Å². The highest BCUT2D eigenvalue weighted by molar-refractivity contribution is 5.55. The zero-order valence-electron chi connectivity index (χ0n) is 12.4. The van der Waals surface area contributed by atoms with Crippen LogP contribution in [-0.2, 0) is 10.3 Å². The highest BCUT2D eigenvalue weighted by atomic mass is 16.5. The predicted octanol–water partition coefficient (Wildman–Crippen LogP) is 2.56. The fourth-order valence-corrected chi connectivity index (χ4v) is 2.05. The quantitative estimate of drug-likeness (QED) is 0.907. The third-order valence-electron chi connectivity index (χ3n) is 3.01. The fourth-order valence-electron chi connectivity index (χ4n) is 2.05. The average molecular weight is 275 g/mol. The van der Waals surface area contributed by atoms with Crippen molar-refractivity contribution < 1.29 is 9.26 Å². The molecule has 0 radical (unpaired) electrons. The molecule has 0 spiro atoms. The maximum Gasteiger partial charge on any atom is 0.258 e. The van der Waals surface area contributed by atoms with Crippen molar-refractivity contribution in [3.8, 4) is 11.5 Å². The number of aryl methyl sites for hydroxylation is 2. The van der Waals surface area contributed by atoms with Crippen molar-refractivity contribution in [2.45, 2.75) is 33.2 Å². The number of hydrogen-bond donors (Lipinski definition) is 1. The molecule has 0 saturated heterocycles. The van der Waals surface area contributed by atoms with Gasteiger partial charge in [0.05, 0.1) is 6.61 Å². The molecule has 108 valence electrons. The molecule has 5 heteroatoms. The lowest BCUT2D eigenvalue weighted by Gasteiger charge is -2.19. The Balaban J connectivity index is 2.28. The zero-order valence-corrected chi connectivity index (χ0v) is 12.4. The Morgan fingerprint density at radius 3 is 2.50 bits per heavy atom. The number of ether oxygens (including phenoxy) is 1. The molecule has 0 saturated carbocycles. The van der Waals surface area contributed by atoms with Gasteiger partial charge in [0.25, 0.3) is 5.89 Å². The van der Waals surface area contributed by atoms with E-state index in [-0.39, 0.29) is 0 Å². The topological polar surface area (TPSA) is 74.2 Å². The summed E-state index contributed by atoms with van der Waals surface area (Å²) >= 11 is 0. The molecule has 0 aliphatic heterocycles. The standard InChI is InChI=1S/C15H21N3O2/c1-5-19-9-15(4,16)14-17-13(20-18-14)12-7-10(2)6-11(3)8-12/h6-8H,5,9,16H2,1-4H3. The van der Waals surface area contributed by atoms with Crippen LogP contribution in [0.15, 0.2) is 22.7 Å². The number of nitrogens with zero attached hydrogens (tertiary/aromatic N) is 2. The van der Waals surface area contributed by atoms with Crippen molar-refractivity contribution in [3.63, 3.8) is 0 Å². The van der Waals surface area contributed by atoms with Gasteiger partial charge < -0.3 is 15.0 Å². The van der Waals surface area contributed by atoms with Gasteiger partial charge in [0, 0.05) is 12.2 Å². The molecule has 0 amide bonds. The third kappa shape index (κ3) is 3.23. The molecule has 1 heterocycles. The first kappa shape index (κ1) is 14.7. The van der Waals surface area contributed by atoms with Crippen molar-refractivity contribution in [3.05, 3.63) is 35.2 Å². The minimum atomic E-state index is -0.753. The molecule has 2 aromatic rings. The molecule has 2 N–H and O–H groups in total. The van der Waals surface area contributed by atoms with Crippen molar-refractivity contribution >= 4 is 0 Å². The zero-order chi connectivity index (χ0) is 14.8. The fraction of sp³-hybridized carbons (Fsp3) is 0.467. The molecule has 0 bridgehead atoms. The Labute approximate surface area is 119 Å². The monoisotopic (exact) mass is 275 g/mol. The summed E-state index contributed by atoms with van der Waals surface area (Å²) in [7, 11) is 0. The van der Waals surface area contributed by atoms with Crippen LogP contribution in [0.4, 0.5) is 0 Å². The Hall–Kier alpha value is -1.72. The molecule has 1 unspecified atom stereocenters. The summed E-state index contributed by atoms with van der Waals surface area (Å²) in [5.41, 5.74) is 8.64. The van der Waals surface area contributed by atoms with E-state index >= 15 is 0 Å². The molecule has 2 rings (SSSR count). The van der Waals surface area contributed by atoms with Crippen molar-refractivity contribution in [2.24, 2.45) is 5.73 Å². The Bertz CT molecular complexity index is 570. The van der Waals surface area contributed by atoms with Gasteiger partial charge in [-0.1, -0.05) is 22.3 Å². The maximum absolute atomic E-state index is 6.17. The number of nitrogens with two attached hydrogens (primary N) is 1.